The number of ether oxygens (including phenoxy) is 1. The number of likely N-dealkylation sites (tertiary alicyclic amines) is 1. The standard InChI is InChI=1S/C21H38N6O3/c1-23-21(24-8-2-3-9-25-10-6-17(7-11-25)19(22)28)27-14-12-26(13-15-27)20(29)18-5-4-16-30-18/h17-18H,2-16H2,1H3,(H2,22,28)(H,23,24). The highest BCUT2D eigenvalue weighted by molar-refractivity contribution is 5.82. The van der Waals surface area contributed by atoms with Gasteiger partial charge in [-0.25, -0.2) is 0 Å². The molecule has 30 heavy (non-hydrogen) atoms. The number of piperidine rings is 1. The van der Waals surface area contributed by atoms with Gasteiger partial charge in [-0.1, -0.05) is 0 Å². The van der Waals surface area contributed by atoms with Crippen molar-refractivity contribution >= 4 is 17.8 Å². The molecule has 3 saturated heterocycles. The van der Waals surface area contributed by atoms with Gasteiger partial charge in [0.25, 0.3) is 5.91 Å². The normalized spacial score (nSPS) is 24.3. The first kappa shape index (κ1) is 22.8. The predicted molar refractivity (Wildman–Crippen MR) is 116 cm³/mol. The van der Waals surface area contributed by atoms with Crippen molar-refractivity contribution in [2.45, 2.75) is 44.6 Å². The van der Waals surface area contributed by atoms with Gasteiger partial charge in [-0.15, -0.1) is 0 Å². The third-order valence-corrected chi connectivity index (χ3v) is 6.48. The first-order valence-corrected chi connectivity index (χ1v) is 11.5. The summed E-state index contributed by atoms with van der Waals surface area (Å²) >= 11 is 0. The smallest absolute Gasteiger partial charge is 0.251 e. The molecule has 0 aliphatic carbocycles. The number of rotatable bonds is 7. The molecule has 0 bridgehead atoms. The van der Waals surface area contributed by atoms with E-state index >= 15 is 0 Å². The number of guanidine groups is 1. The van der Waals surface area contributed by atoms with Crippen LogP contribution in [0.1, 0.15) is 38.5 Å². The monoisotopic (exact) mass is 422 g/mol. The molecule has 1 atom stereocenters. The van der Waals surface area contributed by atoms with E-state index in [1.165, 1.54) is 0 Å². The lowest BCUT2D eigenvalue weighted by molar-refractivity contribution is -0.142. The number of primary amides is 1. The van der Waals surface area contributed by atoms with E-state index in [1.54, 1.807) is 0 Å². The molecule has 0 saturated carbocycles. The molecule has 0 spiro atoms. The van der Waals surface area contributed by atoms with Crippen LogP contribution in [-0.2, 0) is 14.3 Å². The van der Waals surface area contributed by atoms with Gasteiger partial charge in [0.1, 0.15) is 6.10 Å². The second-order valence-corrected chi connectivity index (χ2v) is 8.51. The van der Waals surface area contributed by atoms with Gasteiger partial charge < -0.3 is 30.5 Å². The number of carbonyl (C=O) groups is 2. The summed E-state index contributed by atoms with van der Waals surface area (Å²) in [5, 5.41) is 3.47. The summed E-state index contributed by atoms with van der Waals surface area (Å²) in [7, 11) is 1.81. The number of amides is 2. The molecular formula is C21H38N6O3. The van der Waals surface area contributed by atoms with E-state index in [2.05, 4.69) is 20.1 Å². The van der Waals surface area contributed by atoms with Crippen molar-refractivity contribution in [2.75, 3.05) is 66.0 Å². The third-order valence-electron chi connectivity index (χ3n) is 6.48. The Bertz CT molecular complexity index is 592. The molecule has 3 N–H and O–H groups in total. The Morgan fingerprint density at radius 2 is 1.73 bits per heavy atom. The maximum absolute atomic E-state index is 12.5. The number of hydrogen-bond acceptors (Lipinski definition) is 5. The molecule has 3 fully saturated rings. The van der Waals surface area contributed by atoms with E-state index in [1.807, 2.05) is 11.9 Å². The summed E-state index contributed by atoms with van der Waals surface area (Å²) < 4.78 is 5.53. The molecule has 0 aromatic heterocycles. The molecular weight excluding hydrogens is 384 g/mol. The number of hydrogen-bond donors (Lipinski definition) is 2. The van der Waals surface area contributed by atoms with Crippen LogP contribution in [0.5, 0.6) is 0 Å². The number of nitrogens with zero attached hydrogens (tertiary/aromatic N) is 4. The third kappa shape index (κ3) is 6.31. The fourth-order valence-electron chi connectivity index (χ4n) is 4.55. The van der Waals surface area contributed by atoms with Crippen LogP contribution < -0.4 is 11.1 Å². The summed E-state index contributed by atoms with van der Waals surface area (Å²) in [4.78, 5) is 34.7. The number of piperazine rings is 1. The van der Waals surface area contributed by atoms with E-state index in [0.717, 1.165) is 96.8 Å². The first-order chi connectivity index (χ1) is 14.6. The topological polar surface area (TPSA) is 103 Å². The second-order valence-electron chi connectivity index (χ2n) is 8.51. The van der Waals surface area contributed by atoms with Crippen molar-refractivity contribution in [3.8, 4) is 0 Å². The number of nitrogens with one attached hydrogen (secondary N) is 1. The zero-order valence-electron chi connectivity index (χ0n) is 18.4. The van der Waals surface area contributed by atoms with Gasteiger partial charge in [-0.05, 0) is 58.2 Å². The number of unbranched alkanes of at least 4 members (excludes halogenated alkanes) is 1. The summed E-state index contributed by atoms with van der Waals surface area (Å²) in [6.07, 6.45) is 5.59. The Morgan fingerprint density at radius 3 is 2.33 bits per heavy atom. The van der Waals surface area contributed by atoms with Gasteiger partial charge in [0.2, 0.25) is 5.91 Å². The molecule has 0 aromatic rings. The van der Waals surface area contributed by atoms with Crippen LogP contribution in [0.3, 0.4) is 0 Å². The largest absolute Gasteiger partial charge is 0.369 e. The van der Waals surface area contributed by atoms with Gasteiger partial charge in [0.05, 0.1) is 0 Å². The molecule has 170 valence electrons. The van der Waals surface area contributed by atoms with E-state index in [9.17, 15) is 9.59 Å². The Kier molecular flexibility index (Phi) is 8.74. The molecule has 0 aromatic carbocycles. The van der Waals surface area contributed by atoms with E-state index in [4.69, 9.17) is 10.5 Å². The minimum atomic E-state index is -0.226. The van der Waals surface area contributed by atoms with Crippen LogP contribution in [0.25, 0.3) is 0 Å². The lowest BCUT2D eigenvalue weighted by Crippen LogP contribution is -2.55. The number of nitrogens with two attached hydrogens (primary N) is 1. The Hall–Kier alpha value is -1.87. The minimum Gasteiger partial charge on any atom is -0.369 e. The van der Waals surface area contributed by atoms with Crippen molar-refractivity contribution in [2.24, 2.45) is 16.6 Å². The van der Waals surface area contributed by atoms with Gasteiger partial charge in [-0.3, -0.25) is 14.6 Å². The summed E-state index contributed by atoms with van der Waals surface area (Å²) in [5.74, 6) is 0.978. The molecule has 0 radical (unpaired) electrons. The number of carbonyl (C=O) groups excluding carboxylic acids is 2. The quantitative estimate of drug-likeness (QED) is 0.336. The lowest BCUT2D eigenvalue weighted by atomic mass is 9.96. The fourth-order valence-corrected chi connectivity index (χ4v) is 4.55. The van der Waals surface area contributed by atoms with Gasteiger partial charge in [0.15, 0.2) is 5.96 Å². The van der Waals surface area contributed by atoms with Gasteiger partial charge in [-0.2, -0.15) is 0 Å². The van der Waals surface area contributed by atoms with Crippen LogP contribution in [0, 0.1) is 5.92 Å². The van der Waals surface area contributed by atoms with Crippen LogP contribution in [-0.4, -0.2) is 105 Å². The lowest BCUT2D eigenvalue weighted by Gasteiger charge is -2.37. The Morgan fingerprint density at radius 1 is 1.03 bits per heavy atom. The summed E-state index contributed by atoms with van der Waals surface area (Å²) in [5.41, 5.74) is 5.40. The maximum Gasteiger partial charge on any atom is 0.251 e. The zero-order valence-corrected chi connectivity index (χ0v) is 18.4. The highest BCUT2D eigenvalue weighted by Gasteiger charge is 2.30. The Balaban J connectivity index is 1.28. The van der Waals surface area contributed by atoms with Gasteiger partial charge in [0, 0.05) is 52.3 Å². The molecule has 9 heteroatoms. The maximum atomic E-state index is 12.5. The van der Waals surface area contributed by atoms with Crippen LogP contribution >= 0.6 is 0 Å². The molecule has 3 rings (SSSR count). The van der Waals surface area contributed by atoms with E-state index < -0.39 is 0 Å². The minimum absolute atomic E-state index is 0.0627. The van der Waals surface area contributed by atoms with Crippen molar-refractivity contribution in [1.29, 1.82) is 0 Å². The van der Waals surface area contributed by atoms with Crippen LogP contribution in [0.15, 0.2) is 4.99 Å². The van der Waals surface area contributed by atoms with E-state index in [0.29, 0.717) is 6.61 Å². The molecule has 2 amide bonds. The zero-order chi connectivity index (χ0) is 21.3. The molecule has 9 nitrogen and oxygen atoms in total. The van der Waals surface area contributed by atoms with E-state index in [-0.39, 0.29) is 23.8 Å². The molecule has 3 heterocycles. The van der Waals surface area contributed by atoms with Crippen molar-refractivity contribution in [3.05, 3.63) is 0 Å². The fraction of sp³-hybridized carbons (Fsp3) is 0.857. The molecule has 1 unspecified atom stereocenters. The second kappa shape index (κ2) is 11.5. The van der Waals surface area contributed by atoms with Crippen LogP contribution in [0.2, 0.25) is 0 Å². The van der Waals surface area contributed by atoms with Crippen molar-refractivity contribution < 1.29 is 14.3 Å². The highest BCUT2D eigenvalue weighted by Crippen LogP contribution is 2.17. The average molecular weight is 423 g/mol. The Labute approximate surface area is 180 Å². The highest BCUT2D eigenvalue weighted by atomic mass is 16.5. The number of aliphatic imine (C=N–C) groups is 1. The first-order valence-electron chi connectivity index (χ1n) is 11.5. The van der Waals surface area contributed by atoms with Crippen molar-refractivity contribution in [1.82, 2.24) is 20.0 Å². The average Bonchev–Trinajstić information content (AvgIpc) is 3.31. The predicted octanol–water partition coefficient (Wildman–Crippen LogP) is -0.137. The SMILES string of the molecule is CN=C(NCCCCN1CCC(C(N)=O)CC1)N1CCN(C(=O)C2CCCO2)CC1. The van der Waals surface area contributed by atoms with Gasteiger partial charge >= 0.3 is 0 Å². The van der Waals surface area contributed by atoms with Crippen LogP contribution in [0.4, 0.5) is 0 Å². The van der Waals surface area contributed by atoms with Crippen molar-refractivity contribution in [3.63, 3.8) is 0 Å². The summed E-state index contributed by atoms with van der Waals surface area (Å²) in [6, 6.07) is 0. The molecule has 3 aliphatic rings. The summed E-state index contributed by atoms with van der Waals surface area (Å²) in [6.45, 7) is 7.64. The molecule has 3 aliphatic heterocycles.